The molecular weight excluding hydrogens is 204 g/mol. The molecule has 0 aliphatic rings. The monoisotopic (exact) mass is 222 g/mol. The third-order valence-electron chi connectivity index (χ3n) is 1.49. The van der Waals surface area contributed by atoms with Gasteiger partial charge in [-0.15, -0.1) is 12.6 Å². The van der Waals surface area contributed by atoms with Crippen LogP contribution in [0.5, 0.6) is 0 Å². The van der Waals surface area contributed by atoms with Gasteiger partial charge in [0, 0.05) is 6.61 Å². The summed E-state index contributed by atoms with van der Waals surface area (Å²) in [6.45, 7) is 4.51. The molecule has 4 nitrogen and oxygen atoms in total. The standard InChI is InChI=1S/C9H18O4S/c1-3-4-5-12-6-7-13-8(10)9(2,11)14/h11,14H,3-7H2,1-2H3. The molecule has 0 spiro atoms. The van der Waals surface area contributed by atoms with Gasteiger partial charge in [-0.3, -0.25) is 0 Å². The van der Waals surface area contributed by atoms with E-state index in [9.17, 15) is 4.79 Å². The Morgan fingerprint density at radius 1 is 1.43 bits per heavy atom. The summed E-state index contributed by atoms with van der Waals surface area (Å²) in [4.78, 5) is 9.23. The quantitative estimate of drug-likeness (QED) is 0.292. The molecule has 0 aromatic rings. The van der Waals surface area contributed by atoms with Crippen LogP contribution >= 0.6 is 12.6 Å². The summed E-state index contributed by atoms with van der Waals surface area (Å²) in [6.07, 6.45) is 2.07. The van der Waals surface area contributed by atoms with Crippen molar-refractivity contribution in [1.29, 1.82) is 0 Å². The lowest BCUT2D eigenvalue weighted by atomic mass is 10.4. The molecule has 1 N–H and O–H groups in total. The molecular formula is C9H18O4S. The number of hydrogen-bond donors (Lipinski definition) is 2. The lowest BCUT2D eigenvalue weighted by molar-refractivity contribution is -0.156. The number of rotatable bonds is 7. The van der Waals surface area contributed by atoms with Gasteiger partial charge in [0.25, 0.3) is 0 Å². The number of aliphatic hydroxyl groups is 1. The normalized spacial score (nSPS) is 14.9. The maximum Gasteiger partial charge on any atom is 0.348 e. The highest BCUT2D eigenvalue weighted by atomic mass is 32.1. The third-order valence-corrected chi connectivity index (χ3v) is 1.67. The Hall–Kier alpha value is -0.260. The highest BCUT2D eigenvalue weighted by Gasteiger charge is 2.26. The van der Waals surface area contributed by atoms with Gasteiger partial charge in [0.15, 0.2) is 0 Å². The molecule has 0 bridgehead atoms. The fourth-order valence-electron chi connectivity index (χ4n) is 0.678. The fraction of sp³-hybridized carbons (Fsp3) is 0.889. The number of carbonyl (C=O) groups excluding carboxylic acids is 1. The lowest BCUT2D eigenvalue weighted by Gasteiger charge is -2.14. The van der Waals surface area contributed by atoms with Crippen molar-refractivity contribution in [2.24, 2.45) is 0 Å². The number of esters is 1. The molecule has 14 heavy (non-hydrogen) atoms. The zero-order valence-corrected chi connectivity index (χ0v) is 9.55. The molecule has 1 atom stereocenters. The fourth-order valence-corrected chi connectivity index (χ4v) is 0.743. The molecule has 0 aliphatic heterocycles. The second-order valence-corrected chi connectivity index (χ2v) is 3.99. The Morgan fingerprint density at radius 3 is 2.57 bits per heavy atom. The molecule has 0 heterocycles. The minimum absolute atomic E-state index is 0.152. The Labute approximate surface area is 90.0 Å². The summed E-state index contributed by atoms with van der Waals surface area (Å²) in [5, 5.41) is 9.08. The van der Waals surface area contributed by atoms with E-state index in [1.807, 2.05) is 0 Å². The van der Waals surface area contributed by atoms with Crippen LogP contribution in [0.1, 0.15) is 26.7 Å². The Morgan fingerprint density at radius 2 is 2.07 bits per heavy atom. The van der Waals surface area contributed by atoms with E-state index in [0.717, 1.165) is 12.8 Å². The van der Waals surface area contributed by atoms with Crippen LogP contribution in [0.4, 0.5) is 0 Å². The average molecular weight is 222 g/mol. The summed E-state index contributed by atoms with van der Waals surface area (Å²) in [7, 11) is 0. The van der Waals surface area contributed by atoms with E-state index in [1.165, 1.54) is 6.92 Å². The van der Waals surface area contributed by atoms with Gasteiger partial charge in [0.1, 0.15) is 6.61 Å². The summed E-state index contributed by atoms with van der Waals surface area (Å²) < 4.78 is 9.85. The van der Waals surface area contributed by atoms with Crippen molar-refractivity contribution in [2.45, 2.75) is 31.6 Å². The van der Waals surface area contributed by atoms with Crippen LogP contribution in [0, 0.1) is 0 Å². The van der Waals surface area contributed by atoms with E-state index in [1.54, 1.807) is 0 Å². The smallest absolute Gasteiger partial charge is 0.348 e. The van der Waals surface area contributed by atoms with E-state index in [-0.39, 0.29) is 6.61 Å². The first-order valence-corrected chi connectivity index (χ1v) is 5.13. The minimum Gasteiger partial charge on any atom is -0.460 e. The molecule has 0 radical (unpaired) electrons. The predicted molar refractivity (Wildman–Crippen MR) is 56.3 cm³/mol. The van der Waals surface area contributed by atoms with Crippen LogP contribution in [-0.4, -0.2) is 35.8 Å². The molecule has 0 aromatic carbocycles. The molecule has 84 valence electrons. The van der Waals surface area contributed by atoms with Crippen LogP contribution < -0.4 is 0 Å². The van der Waals surface area contributed by atoms with Crippen LogP contribution in [0.15, 0.2) is 0 Å². The summed E-state index contributed by atoms with van der Waals surface area (Å²) in [5.41, 5.74) is 0. The van der Waals surface area contributed by atoms with Gasteiger partial charge in [-0.25, -0.2) is 4.79 Å². The van der Waals surface area contributed by atoms with Gasteiger partial charge in [-0.1, -0.05) is 13.3 Å². The van der Waals surface area contributed by atoms with E-state index in [0.29, 0.717) is 13.2 Å². The second-order valence-electron chi connectivity index (χ2n) is 3.12. The van der Waals surface area contributed by atoms with Crippen LogP contribution in [-0.2, 0) is 14.3 Å². The van der Waals surface area contributed by atoms with Crippen molar-refractivity contribution in [1.82, 2.24) is 0 Å². The Balaban J connectivity index is 3.33. The van der Waals surface area contributed by atoms with Crippen molar-refractivity contribution in [3.8, 4) is 0 Å². The molecule has 0 saturated heterocycles. The largest absolute Gasteiger partial charge is 0.460 e. The van der Waals surface area contributed by atoms with Crippen molar-refractivity contribution < 1.29 is 19.4 Å². The molecule has 0 aromatic heterocycles. The SMILES string of the molecule is CCCCOCCOC(=O)C(C)(O)S. The second kappa shape index (κ2) is 7.09. The number of unbranched alkanes of at least 4 members (excludes halogenated alkanes) is 1. The minimum atomic E-state index is -1.72. The van der Waals surface area contributed by atoms with Gasteiger partial charge >= 0.3 is 5.97 Å². The van der Waals surface area contributed by atoms with Gasteiger partial charge in [-0.05, 0) is 13.3 Å². The van der Waals surface area contributed by atoms with Gasteiger partial charge in [0.2, 0.25) is 4.93 Å². The summed E-state index contributed by atoms with van der Waals surface area (Å²) >= 11 is 3.65. The van der Waals surface area contributed by atoms with E-state index in [4.69, 9.17) is 14.6 Å². The molecule has 0 fully saturated rings. The van der Waals surface area contributed by atoms with Crippen molar-refractivity contribution >= 4 is 18.6 Å². The van der Waals surface area contributed by atoms with Gasteiger partial charge in [0.05, 0.1) is 6.61 Å². The topological polar surface area (TPSA) is 55.8 Å². The predicted octanol–water partition coefficient (Wildman–Crippen LogP) is 0.985. The van der Waals surface area contributed by atoms with Crippen molar-refractivity contribution in [3.05, 3.63) is 0 Å². The highest BCUT2D eigenvalue weighted by Crippen LogP contribution is 2.09. The first-order chi connectivity index (χ1) is 6.48. The van der Waals surface area contributed by atoms with Crippen molar-refractivity contribution in [2.75, 3.05) is 19.8 Å². The molecule has 0 aliphatic carbocycles. The number of ether oxygens (including phenoxy) is 2. The van der Waals surface area contributed by atoms with E-state index < -0.39 is 10.9 Å². The zero-order valence-electron chi connectivity index (χ0n) is 8.65. The number of thiol groups is 1. The van der Waals surface area contributed by atoms with Gasteiger partial charge < -0.3 is 14.6 Å². The molecule has 5 heteroatoms. The molecule has 0 amide bonds. The maximum atomic E-state index is 10.9. The van der Waals surface area contributed by atoms with Crippen LogP contribution in [0.25, 0.3) is 0 Å². The lowest BCUT2D eigenvalue weighted by Crippen LogP contribution is -2.31. The van der Waals surface area contributed by atoms with Crippen LogP contribution in [0.3, 0.4) is 0 Å². The van der Waals surface area contributed by atoms with Gasteiger partial charge in [-0.2, -0.15) is 0 Å². The van der Waals surface area contributed by atoms with Crippen LogP contribution in [0.2, 0.25) is 0 Å². The molecule has 1 unspecified atom stereocenters. The summed E-state index contributed by atoms with van der Waals surface area (Å²) in [6, 6.07) is 0. The van der Waals surface area contributed by atoms with E-state index >= 15 is 0 Å². The maximum absolute atomic E-state index is 10.9. The zero-order chi connectivity index (χ0) is 11.0. The highest BCUT2D eigenvalue weighted by molar-refractivity contribution is 7.82. The number of hydrogen-bond acceptors (Lipinski definition) is 5. The van der Waals surface area contributed by atoms with Crippen molar-refractivity contribution in [3.63, 3.8) is 0 Å². The Kier molecular flexibility index (Phi) is 6.96. The first-order valence-electron chi connectivity index (χ1n) is 4.68. The third kappa shape index (κ3) is 7.17. The average Bonchev–Trinajstić information content (AvgIpc) is 2.09. The Bertz CT molecular complexity index is 165. The first kappa shape index (κ1) is 13.7. The van der Waals surface area contributed by atoms with E-state index in [2.05, 4.69) is 19.6 Å². The molecule has 0 saturated carbocycles. The summed E-state index contributed by atoms with van der Waals surface area (Å²) in [5.74, 6) is -0.750. The number of carbonyl (C=O) groups is 1. The molecule has 0 rings (SSSR count).